The van der Waals surface area contributed by atoms with E-state index in [0.717, 1.165) is 31.6 Å². The molecule has 2 aliphatic rings. The number of amides is 1. The number of carbonyl (C=O) groups excluding carboxylic acids is 1. The minimum Gasteiger partial charge on any atom is -0.481 e. The Labute approximate surface area is 127 Å². The maximum atomic E-state index is 12.7. The van der Waals surface area contributed by atoms with E-state index in [2.05, 4.69) is 6.92 Å². The monoisotopic (exact) mass is 295 g/mol. The molecule has 4 nitrogen and oxygen atoms in total. The molecule has 1 heterocycles. The van der Waals surface area contributed by atoms with Gasteiger partial charge in [-0.2, -0.15) is 0 Å². The topological polar surface area (TPSA) is 57.6 Å². The summed E-state index contributed by atoms with van der Waals surface area (Å²) in [6.45, 7) is 7.13. The van der Waals surface area contributed by atoms with Crippen LogP contribution in [0.4, 0.5) is 0 Å². The van der Waals surface area contributed by atoms with Gasteiger partial charge in [-0.25, -0.2) is 0 Å². The zero-order valence-corrected chi connectivity index (χ0v) is 13.6. The van der Waals surface area contributed by atoms with Crippen molar-refractivity contribution in [1.82, 2.24) is 4.90 Å². The number of likely N-dealkylation sites (tertiary alicyclic amines) is 1. The predicted octanol–water partition coefficient (Wildman–Crippen LogP) is 3.16. The smallest absolute Gasteiger partial charge is 0.311 e. The molecule has 0 radical (unpaired) electrons. The van der Waals surface area contributed by atoms with Gasteiger partial charge in [-0.3, -0.25) is 9.59 Å². The van der Waals surface area contributed by atoms with E-state index < -0.39 is 11.4 Å². The number of aliphatic carboxylic acids is 1. The molecule has 1 unspecified atom stereocenters. The zero-order valence-electron chi connectivity index (χ0n) is 13.6. The molecule has 1 atom stereocenters. The number of hydrogen-bond donors (Lipinski definition) is 1. The molecular weight excluding hydrogens is 266 g/mol. The summed E-state index contributed by atoms with van der Waals surface area (Å²) >= 11 is 0. The fourth-order valence-corrected chi connectivity index (χ4v) is 3.99. The van der Waals surface area contributed by atoms with Gasteiger partial charge in [0.25, 0.3) is 0 Å². The Balaban J connectivity index is 1.98. The molecule has 4 heteroatoms. The van der Waals surface area contributed by atoms with E-state index in [1.54, 1.807) is 0 Å². The molecule has 0 aromatic heterocycles. The van der Waals surface area contributed by atoms with Crippen molar-refractivity contribution >= 4 is 11.9 Å². The van der Waals surface area contributed by atoms with E-state index in [0.29, 0.717) is 19.5 Å². The van der Waals surface area contributed by atoms with Gasteiger partial charge in [-0.1, -0.05) is 27.2 Å². The molecule has 1 saturated carbocycles. The van der Waals surface area contributed by atoms with Crippen LogP contribution in [0.5, 0.6) is 0 Å². The molecule has 0 spiro atoms. The summed E-state index contributed by atoms with van der Waals surface area (Å²) in [5.41, 5.74) is -0.740. The Bertz CT molecular complexity index is 399. The van der Waals surface area contributed by atoms with Crippen LogP contribution in [-0.2, 0) is 9.59 Å². The molecule has 120 valence electrons. The third-order valence-corrected chi connectivity index (χ3v) is 5.92. The van der Waals surface area contributed by atoms with E-state index in [9.17, 15) is 14.7 Å². The molecule has 2 rings (SSSR count). The Kier molecular flexibility index (Phi) is 4.95. The lowest BCUT2D eigenvalue weighted by Crippen LogP contribution is -2.42. The van der Waals surface area contributed by atoms with Gasteiger partial charge >= 0.3 is 5.97 Å². The summed E-state index contributed by atoms with van der Waals surface area (Å²) in [5.74, 6) is 0.422. The van der Waals surface area contributed by atoms with Crippen LogP contribution >= 0.6 is 0 Å². The van der Waals surface area contributed by atoms with Crippen LogP contribution in [0.1, 0.15) is 59.3 Å². The minimum atomic E-state index is -0.748. The highest BCUT2D eigenvalue weighted by atomic mass is 16.4. The van der Waals surface area contributed by atoms with Crippen LogP contribution in [-0.4, -0.2) is 35.0 Å². The summed E-state index contributed by atoms with van der Waals surface area (Å²) in [6.07, 6.45) is 6.06. The fraction of sp³-hybridized carbons (Fsp3) is 0.882. The highest BCUT2D eigenvalue weighted by Gasteiger charge is 2.49. The average molecular weight is 295 g/mol. The molecule has 0 aromatic carbocycles. The number of nitrogens with zero attached hydrogens (tertiary/aromatic N) is 1. The van der Waals surface area contributed by atoms with Crippen LogP contribution in [0.25, 0.3) is 0 Å². The summed E-state index contributed by atoms with van der Waals surface area (Å²) in [4.78, 5) is 26.1. The highest BCUT2D eigenvalue weighted by molar-refractivity contribution is 5.82. The Hall–Kier alpha value is -1.06. The molecular formula is C17H29NO3. The van der Waals surface area contributed by atoms with Crippen molar-refractivity contribution < 1.29 is 14.7 Å². The third-order valence-electron chi connectivity index (χ3n) is 5.92. The number of carboxylic acids is 1. The highest BCUT2D eigenvalue weighted by Crippen LogP contribution is 2.40. The molecule has 0 aromatic rings. The summed E-state index contributed by atoms with van der Waals surface area (Å²) in [5, 5.41) is 9.57. The summed E-state index contributed by atoms with van der Waals surface area (Å²) in [6, 6.07) is 0. The first-order valence-electron chi connectivity index (χ1n) is 8.43. The molecule has 0 bridgehead atoms. The van der Waals surface area contributed by atoms with E-state index in [1.807, 2.05) is 18.7 Å². The molecule has 21 heavy (non-hydrogen) atoms. The van der Waals surface area contributed by atoms with Gasteiger partial charge in [0.1, 0.15) is 0 Å². The lowest BCUT2D eigenvalue weighted by atomic mass is 9.76. The standard InChI is InChI=1S/C17H29NO3/c1-4-13-5-7-14(8-6-13)15(19)18-10-9-17(11-18,12(2)3)16(20)21/h12-14H,4-11H2,1-3H3,(H,20,21). The van der Waals surface area contributed by atoms with Crippen molar-refractivity contribution in [2.75, 3.05) is 13.1 Å². The Morgan fingerprint density at radius 2 is 1.86 bits per heavy atom. The van der Waals surface area contributed by atoms with E-state index in [1.165, 1.54) is 6.42 Å². The van der Waals surface area contributed by atoms with Crippen LogP contribution < -0.4 is 0 Å². The van der Waals surface area contributed by atoms with Gasteiger partial charge in [-0.15, -0.1) is 0 Å². The van der Waals surface area contributed by atoms with Crippen molar-refractivity contribution in [1.29, 1.82) is 0 Å². The van der Waals surface area contributed by atoms with Gasteiger partial charge in [0.15, 0.2) is 0 Å². The molecule has 2 fully saturated rings. The summed E-state index contributed by atoms with van der Waals surface area (Å²) in [7, 11) is 0. The van der Waals surface area contributed by atoms with Crippen molar-refractivity contribution in [3.8, 4) is 0 Å². The normalized spacial score (nSPS) is 33.4. The predicted molar refractivity (Wildman–Crippen MR) is 81.8 cm³/mol. The number of carbonyl (C=O) groups is 2. The van der Waals surface area contributed by atoms with Crippen molar-refractivity contribution in [2.45, 2.75) is 59.3 Å². The van der Waals surface area contributed by atoms with Crippen LogP contribution in [0, 0.1) is 23.2 Å². The van der Waals surface area contributed by atoms with Gasteiger partial charge in [0.05, 0.1) is 5.41 Å². The molecule has 1 amide bonds. The first-order chi connectivity index (χ1) is 9.90. The maximum Gasteiger partial charge on any atom is 0.311 e. The third kappa shape index (κ3) is 3.09. The molecule has 1 saturated heterocycles. The second-order valence-corrected chi connectivity index (χ2v) is 7.25. The Morgan fingerprint density at radius 1 is 1.24 bits per heavy atom. The van der Waals surface area contributed by atoms with Crippen LogP contribution in [0.2, 0.25) is 0 Å². The first-order valence-corrected chi connectivity index (χ1v) is 8.43. The maximum absolute atomic E-state index is 12.7. The van der Waals surface area contributed by atoms with E-state index in [-0.39, 0.29) is 17.7 Å². The van der Waals surface area contributed by atoms with Gasteiger partial charge in [0.2, 0.25) is 5.91 Å². The van der Waals surface area contributed by atoms with Crippen molar-refractivity contribution in [2.24, 2.45) is 23.2 Å². The number of carboxylic acid groups (broad SMARTS) is 1. The molecule has 1 N–H and O–H groups in total. The van der Waals surface area contributed by atoms with Crippen molar-refractivity contribution in [3.05, 3.63) is 0 Å². The average Bonchev–Trinajstić information content (AvgIpc) is 2.93. The largest absolute Gasteiger partial charge is 0.481 e. The second-order valence-electron chi connectivity index (χ2n) is 7.25. The minimum absolute atomic E-state index is 0.0589. The lowest BCUT2D eigenvalue weighted by molar-refractivity contribution is -0.151. The van der Waals surface area contributed by atoms with Gasteiger partial charge in [-0.05, 0) is 43.9 Å². The molecule has 1 aliphatic carbocycles. The van der Waals surface area contributed by atoms with E-state index >= 15 is 0 Å². The fourth-order valence-electron chi connectivity index (χ4n) is 3.99. The zero-order chi connectivity index (χ0) is 15.6. The number of rotatable bonds is 4. The van der Waals surface area contributed by atoms with Crippen LogP contribution in [0.3, 0.4) is 0 Å². The lowest BCUT2D eigenvalue weighted by Gasteiger charge is -2.32. The van der Waals surface area contributed by atoms with Crippen LogP contribution in [0.15, 0.2) is 0 Å². The SMILES string of the molecule is CCC1CCC(C(=O)N2CCC(C(=O)O)(C(C)C)C2)CC1. The second kappa shape index (κ2) is 6.37. The Morgan fingerprint density at radius 3 is 2.29 bits per heavy atom. The van der Waals surface area contributed by atoms with Gasteiger partial charge < -0.3 is 10.0 Å². The van der Waals surface area contributed by atoms with Gasteiger partial charge in [0, 0.05) is 19.0 Å². The quantitative estimate of drug-likeness (QED) is 0.866. The molecule has 1 aliphatic heterocycles. The first kappa shape index (κ1) is 16.3. The van der Waals surface area contributed by atoms with E-state index in [4.69, 9.17) is 0 Å². The number of hydrogen-bond acceptors (Lipinski definition) is 2. The van der Waals surface area contributed by atoms with Crippen molar-refractivity contribution in [3.63, 3.8) is 0 Å². The summed E-state index contributed by atoms with van der Waals surface area (Å²) < 4.78 is 0.